The highest BCUT2D eigenvalue weighted by Gasteiger charge is 2.61. The second-order valence-corrected chi connectivity index (χ2v) is 10.3. The third-order valence-corrected chi connectivity index (χ3v) is 8.26. The quantitative estimate of drug-likeness (QED) is 0.462. The molecule has 0 radical (unpaired) electrons. The predicted octanol–water partition coefficient (Wildman–Crippen LogP) is 4.40. The maximum atomic E-state index is 13.0. The summed E-state index contributed by atoms with van der Waals surface area (Å²) in [7, 11) is 0. The number of ether oxygens (including phenoxy) is 1. The van der Waals surface area contributed by atoms with E-state index in [1.807, 2.05) is 26.0 Å². The SMILES string of the molecule is Cc1cc(NC(=O)COC(=O)c2ccc(N3C(=O)[C@@H]4[C@H]5CC[C@@H](C5)[C@@H]4C3=O)cc2)c(C)cc1Br. The fourth-order valence-corrected chi connectivity index (χ4v) is 6.18. The monoisotopic (exact) mass is 524 g/mol. The van der Waals surface area contributed by atoms with E-state index < -0.39 is 18.5 Å². The first-order valence-corrected chi connectivity index (χ1v) is 12.3. The first-order valence-electron chi connectivity index (χ1n) is 11.5. The van der Waals surface area contributed by atoms with E-state index in [0.29, 0.717) is 23.2 Å². The van der Waals surface area contributed by atoms with Gasteiger partial charge < -0.3 is 10.1 Å². The average Bonchev–Trinajstić information content (AvgIpc) is 3.49. The lowest BCUT2D eigenvalue weighted by Gasteiger charge is -2.19. The van der Waals surface area contributed by atoms with Crippen molar-refractivity contribution in [2.24, 2.45) is 23.7 Å². The fourth-order valence-electron chi connectivity index (χ4n) is 5.73. The summed E-state index contributed by atoms with van der Waals surface area (Å²) in [5.41, 5.74) is 3.23. The molecule has 1 aliphatic heterocycles. The topological polar surface area (TPSA) is 92.8 Å². The number of fused-ring (bicyclic) bond motifs is 5. The molecule has 3 amide bonds. The minimum atomic E-state index is -0.653. The summed E-state index contributed by atoms with van der Waals surface area (Å²) in [5, 5.41) is 2.75. The van der Waals surface area contributed by atoms with Crippen molar-refractivity contribution >= 4 is 51.0 Å². The van der Waals surface area contributed by atoms with Crippen LogP contribution in [0.3, 0.4) is 0 Å². The fraction of sp³-hybridized carbons (Fsp3) is 0.385. The van der Waals surface area contributed by atoms with Crippen LogP contribution in [0.4, 0.5) is 11.4 Å². The van der Waals surface area contributed by atoms with Crippen molar-refractivity contribution in [1.82, 2.24) is 0 Å². The largest absolute Gasteiger partial charge is 0.452 e. The third-order valence-electron chi connectivity index (χ3n) is 7.40. The lowest BCUT2D eigenvalue weighted by Crippen LogP contribution is -2.32. The lowest BCUT2D eigenvalue weighted by atomic mass is 9.81. The average molecular weight is 525 g/mol. The number of benzene rings is 2. The molecule has 3 aliphatic rings. The number of aryl methyl sites for hydroxylation is 2. The Hall–Kier alpha value is -3.00. The van der Waals surface area contributed by atoms with E-state index in [4.69, 9.17) is 4.74 Å². The number of rotatable bonds is 5. The zero-order valence-electron chi connectivity index (χ0n) is 19.0. The van der Waals surface area contributed by atoms with Crippen LogP contribution in [0.5, 0.6) is 0 Å². The zero-order valence-corrected chi connectivity index (χ0v) is 20.6. The smallest absolute Gasteiger partial charge is 0.338 e. The first-order chi connectivity index (χ1) is 16.2. The van der Waals surface area contributed by atoms with Crippen molar-refractivity contribution < 1.29 is 23.9 Å². The normalized spacial score (nSPS) is 25.0. The van der Waals surface area contributed by atoms with Crippen LogP contribution in [0.15, 0.2) is 40.9 Å². The summed E-state index contributed by atoms with van der Waals surface area (Å²) in [6.45, 7) is 3.37. The molecule has 0 spiro atoms. The second kappa shape index (κ2) is 8.65. The first kappa shape index (κ1) is 22.8. The Balaban J connectivity index is 1.20. The molecular weight excluding hydrogens is 500 g/mol. The van der Waals surface area contributed by atoms with E-state index in [-0.39, 0.29) is 29.2 Å². The van der Waals surface area contributed by atoms with Gasteiger partial charge >= 0.3 is 5.97 Å². The highest BCUT2D eigenvalue weighted by molar-refractivity contribution is 9.10. The Morgan fingerprint density at radius 1 is 1.00 bits per heavy atom. The number of nitrogens with one attached hydrogen (secondary N) is 1. The number of amides is 3. The third kappa shape index (κ3) is 3.83. The summed E-state index contributed by atoms with van der Waals surface area (Å²) >= 11 is 3.45. The lowest BCUT2D eigenvalue weighted by molar-refractivity contribution is -0.123. The van der Waals surface area contributed by atoms with Crippen LogP contribution in [0.2, 0.25) is 0 Å². The van der Waals surface area contributed by atoms with Crippen molar-refractivity contribution in [2.45, 2.75) is 33.1 Å². The zero-order chi connectivity index (χ0) is 24.1. The number of anilines is 2. The summed E-state index contributed by atoms with van der Waals surface area (Å²) in [6.07, 6.45) is 3.04. The highest BCUT2D eigenvalue weighted by Crippen LogP contribution is 2.56. The number of esters is 1. The maximum absolute atomic E-state index is 13.0. The molecule has 2 aromatic carbocycles. The van der Waals surface area contributed by atoms with Gasteiger partial charge in [0.2, 0.25) is 11.8 Å². The Labute approximate surface area is 206 Å². The molecule has 5 rings (SSSR count). The molecule has 8 heteroatoms. The number of imide groups is 1. The van der Waals surface area contributed by atoms with Gasteiger partial charge in [0.15, 0.2) is 6.61 Å². The van der Waals surface area contributed by atoms with Crippen molar-refractivity contribution in [3.8, 4) is 0 Å². The van der Waals surface area contributed by atoms with Gasteiger partial charge in [-0.15, -0.1) is 0 Å². The molecule has 4 atom stereocenters. The van der Waals surface area contributed by atoms with Crippen LogP contribution >= 0.6 is 15.9 Å². The van der Waals surface area contributed by atoms with Crippen molar-refractivity contribution in [2.75, 3.05) is 16.8 Å². The molecule has 2 aliphatic carbocycles. The minimum absolute atomic E-state index is 0.118. The molecule has 2 bridgehead atoms. The van der Waals surface area contributed by atoms with Gasteiger partial charge in [-0.1, -0.05) is 15.9 Å². The van der Waals surface area contributed by atoms with E-state index >= 15 is 0 Å². The van der Waals surface area contributed by atoms with Crippen LogP contribution in [0, 0.1) is 37.5 Å². The standard InChI is InChI=1S/C26H25BrN2O5/c1-13-10-20(14(2)9-19(13)27)28-21(30)12-34-26(33)15-5-7-18(8-6-15)29-24(31)22-16-3-4-17(11-16)23(22)25(29)32/h5-10,16-17,22-23H,3-4,11-12H2,1-2H3,(H,28,30)/t16-,17-,22-,23+/m0/s1. The molecule has 1 N–H and O–H groups in total. The molecule has 2 aromatic rings. The highest BCUT2D eigenvalue weighted by atomic mass is 79.9. The Morgan fingerprint density at radius 2 is 1.62 bits per heavy atom. The number of hydrogen-bond acceptors (Lipinski definition) is 5. The number of carbonyl (C=O) groups excluding carboxylic acids is 4. The summed E-state index contributed by atoms with van der Waals surface area (Å²) < 4.78 is 6.10. The molecule has 1 heterocycles. The van der Waals surface area contributed by atoms with Crippen LogP contribution < -0.4 is 10.2 Å². The van der Waals surface area contributed by atoms with Crippen LogP contribution in [0.1, 0.15) is 40.7 Å². The van der Waals surface area contributed by atoms with E-state index in [9.17, 15) is 19.2 Å². The molecule has 3 fully saturated rings. The van der Waals surface area contributed by atoms with E-state index in [2.05, 4.69) is 21.2 Å². The summed E-state index contributed by atoms with van der Waals surface area (Å²) in [5.74, 6) is -1.06. The van der Waals surface area contributed by atoms with Gasteiger partial charge in [-0.25, -0.2) is 4.79 Å². The van der Waals surface area contributed by atoms with Gasteiger partial charge in [0, 0.05) is 10.2 Å². The van der Waals surface area contributed by atoms with Crippen molar-refractivity contribution in [1.29, 1.82) is 0 Å². The predicted molar refractivity (Wildman–Crippen MR) is 129 cm³/mol. The number of nitrogens with zero attached hydrogens (tertiary/aromatic N) is 1. The molecule has 0 aromatic heterocycles. The Kier molecular flexibility index (Phi) is 5.80. The number of halogens is 1. The molecular formula is C26H25BrN2O5. The molecule has 0 unspecified atom stereocenters. The Bertz CT molecular complexity index is 1180. The van der Waals surface area contributed by atoms with Crippen molar-refractivity contribution in [3.05, 3.63) is 57.6 Å². The van der Waals surface area contributed by atoms with Crippen LogP contribution in [-0.4, -0.2) is 30.3 Å². The van der Waals surface area contributed by atoms with Gasteiger partial charge in [-0.2, -0.15) is 0 Å². The van der Waals surface area contributed by atoms with Crippen molar-refractivity contribution in [3.63, 3.8) is 0 Å². The van der Waals surface area contributed by atoms with Gasteiger partial charge in [0.05, 0.1) is 23.1 Å². The summed E-state index contributed by atoms with van der Waals surface area (Å²) in [6, 6.07) is 9.96. The van der Waals surface area contributed by atoms with E-state index in [1.54, 1.807) is 12.1 Å². The minimum Gasteiger partial charge on any atom is -0.452 e. The van der Waals surface area contributed by atoms with Gasteiger partial charge in [-0.05, 0) is 92.5 Å². The molecule has 176 valence electrons. The maximum Gasteiger partial charge on any atom is 0.338 e. The van der Waals surface area contributed by atoms with Gasteiger partial charge in [-0.3, -0.25) is 19.3 Å². The van der Waals surface area contributed by atoms with E-state index in [0.717, 1.165) is 34.9 Å². The Morgan fingerprint density at radius 3 is 2.24 bits per heavy atom. The molecule has 7 nitrogen and oxygen atoms in total. The molecule has 2 saturated carbocycles. The van der Waals surface area contributed by atoms with Gasteiger partial charge in [0.1, 0.15) is 0 Å². The van der Waals surface area contributed by atoms with E-state index in [1.165, 1.54) is 17.0 Å². The number of hydrogen-bond donors (Lipinski definition) is 1. The molecule has 34 heavy (non-hydrogen) atoms. The van der Waals surface area contributed by atoms with Crippen LogP contribution in [0.25, 0.3) is 0 Å². The van der Waals surface area contributed by atoms with Crippen LogP contribution in [-0.2, 0) is 19.1 Å². The second-order valence-electron chi connectivity index (χ2n) is 9.48. The number of carbonyl (C=O) groups is 4. The summed E-state index contributed by atoms with van der Waals surface area (Å²) in [4.78, 5) is 51.9. The van der Waals surface area contributed by atoms with Gasteiger partial charge in [0.25, 0.3) is 5.91 Å². The molecule has 1 saturated heterocycles.